The molecule has 1 fully saturated rings. The Morgan fingerprint density at radius 3 is 2.85 bits per heavy atom. The van der Waals surface area contributed by atoms with Crippen LogP contribution >= 0.6 is 11.6 Å². The highest BCUT2D eigenvalue weighted by molar-refractivity contribution is 6.32. The number of benzene rings is 2. The molecule has 0 spiro atoms. The fraction of sp³-hybridized carbons (Fsp3) is 0.286. The first kappa shape index (κ1) is 17.9. The summed E-state index contributed by atoms with van der Waals surface area (Å²) in [6.45, 7) is 1.97. The van der Waals surface area contributed by atoms with Crippen molar-refractivity contribution in [2.75, 3.05) is 13.1 Å². The van der Waals surface area contributed by atoms with Crippen molar-refractivity contribution in [2.45, 2.75) is 25.5 Å². The van der Waals surface area contributed by atoms with Gasteiger partial charge in [-0.05, 0) is 37.6 Å². The molecule has 1 amide bonds. The average Bonchev–Trinajstić information content (AvgIpc) is 3.07. The fourth-order valence-electron chi connectivity index (χ4n) is 3.36. The second kappa shape index (κ2) is 8.03. The van der Waals surface area contributed by atoms with Gasteiger partial charge in [-0.25, -0.2) is 0 Å². The lowest BCUT2D eigenvalue weighted by molar-refractivity contribution is 0.0901. The van der Waals surface area contributed by atoms with Crippen LogP contribution in [0.1, 0.15) is 29.0 Å². The van der Waals surface area contributed by atoms with Crippen LogP contribution in [-0.4, -0.2) is 25.0 Å². The smallest absolute Gasteiger partial charge is 0.287 e. The molecular weight excluding hydrogens is 364 g/mol. The predicted molar refractivity (Wildman–Crippen MR) is 105 cm³/mol. The van der Waals surface area contributed by atoms with Crippen LogP contribution in [0.3, 0.4) is 0 Å². The lowest BCUT2D eigenvalue weighted by atomic mass is 10.1. The van der Waals surface area contributed by atoms with E-state index in [0.717, 1.165) is 36.9 Å². The van der Waals surface area contributed by atoms with Gasteiger partial charge in [-0.3, -0.25) is 4.79 Å². The van der Waals surface area contributed by atoms with Crippen LogP contribution in [0.5, 0.6) is 5.75 Å². The van der Waals surface area contributed by atoms with Crippen molar-refractivity contribution >= 4 is 28.5 Å². The third kappa shape index (κ3) is 3.94. The maximum absolute atomic E-state index is 12.9. The Morgan fingerprint density at radius 2 is 2.04 bits per heavy atom. The minimum atomic E-state index is -0.211. The van der Waals surface area contributed by atoms with E-state index in [-0.39, 0.29) is 18.6 Å². The highest BCUT2D eigenvalue weighted by Gasteiger charge is 2.24. The van der Waals surface area contributed by atoms with Crippen molar-refractivity contribution in [3.8, 4) is 5.75 Å². The molecule has 2 heterocycles. The number of piperidine rings is 1. The summed E-state index contributed by atoms with van der Waals surface area (Å²) in [6.07, 6.45) is 2.01. The number of carbonyl (C=O) groups excluding carboxylic acids is 1. The van der Waals surface area contributed by atoms with Crippen molar-refractivity contribution in [2.24, 2.45) is 0 Å². The van der Waals surface area contributed by atoms with Crippen LogP contribution in [0.4, 0.5) is 0 Å². The highest BCUT2D eigenvalue weighted by Crippen LogP contribution is 2.29. The molecule has 6 heteroatoms. The Morgan fingerprint density at radius 1 is 1.22 bits per heavy atom. The lowest BCUT2D eigenvalue weighted by Gasteiger charge is -2.23. The van der Waals surface area contributed by atoms with Gasteiger partial charge in [0.05, 0.1) is 5.02 Å². The molecule has 1 aliphatic rings. The lowest BCUT2D eigenvalue weighted by Crippen LogP contribution is -2.45. The highest BCUT2D eigenvalue weighted by atomic mass is 35.5. The Balaban J connectivity index is 1.60. The molecular formula is C21H21ClN2O3. The number of halogens is 1. The number of hydrogen-bond acceptors (Lipinski definition) is 4. The number of carbonyl (C=O) groups is 1. The number of hydrogen-bond donors (Lipinski definition) is 2. The van der Waals surface area contributed by atoms with Crippen molar-refractivity contribution < 1.29 is 13.9 Å². The summed E-state index contributed by atoms with van der Waals surface area (Å²) in [5.41, 5.74) is 1.40. The summed E-state index contributed by atoms with van der Waals surface area (Å²) in [4.78, 5) is 12.9. The van der Waals surface area contributed by atoms with Crippen molar-refractivity contribution in [1.82, 2.24) is 10.6 Å². The first-order valence-corrected chi connectivity index (χ1v) is 9.49. The van der Waals surface area contributed by atoms with Gasteiger partial charge in [0, 0.05) is 23.5 Å². The van der Waals surface area contributed by atoms with Gasteiger partial charge < -0.3 is 19.8 Å². The molecule has 2 N–H and O–H groups in total. The fourth-order valence-corrected chi connectivity index (χ4v) is 3.55. The van der Waals surface area contributed by atoms with Gasteiger partial charge in [0.15, 0.2) is 5.76 Å². The summed E-state index contributed by atoms with van der Waals surface area (Å²) in [7, 11) is 0. The molecule has 1 aromatic heterocycles. The summed E-state index contributed by atoms with van der Waals surface area (Å²) in [5, 5.41) is 7.77. The van der Waals surface area contributed by atoms with E-state index in [1.54, 1.807) is 12.1 Å². The van der Waals surface area contributed by atoms with Gasteiger partial charge >= 0.3 is 0 Å². The van der Waals surface area contributed by atoms with Gasteiger partial charge in [0.2, 0.25) is 0 Å². The first-order valence-electron chi connectivity index (χ1n) is 9.11. The second-order valence-corrected chi connectivity index (χ2v) is 7.05. The average molecular weight is 385 g/mol. The molecule has 3 aromatic rings. The van der Waals surface area contributed by atoms with Gasteiger partial charge in [-0.15, -0.1) is 0 Å². The van der Waals surface area contributed by atoms with Gasteiger partial charge in [-0.2, -0.15) is 0 Å². The SMILES string of the molecule is O=C(NC1CCCNC1)c1oc2ccccc2c1COc1ccccc1Cl. The van der Waals surface area contributed by atoms with E-state index in [2.05, 4.69) is 10.6 Å². The molecule has 0 bridgehead atoms. The zero-order chi connectivity index (χ0) is 18.6. The monoisotopic (exact) mass is 384 g/mol. The molecule has 1 aliphatic heterocycles. The van der Waals surface area contributed by atoms with E-state index in [0.29, 0.717) is 22.1 Å². The topological polar surface area (TPSA) is 63.5 Å². The Hall–Kier alpha value is -2.50. The summed E-state index contributed by atoms with van der Waals surface area (Å²) >= 11 is 6.18. The number of rotatable bonds is 5. The largest absolute Gasteiger partial charge is 0.487 e. The van der Waals surface area contributed by atoms with Crippen LogP contribution in [0.2, 0.25) is 5.02 Å². The van der Waals surface area contributed by atoms with E-state index in [4.69, 9.17) is 20.8 Å². The van der Waals surface area contributed by atoms with Crippen molar-refractivity contribution in [3.63, 3.8) is 0 Å². The normalized spacial score (nSPS) is 17.0. The molecule has 140 valence electrons. The Kier molecular flexibility index (Phi) is 5.32. The van der Waals surface area contributed by atoms with Crippen LogP contribution in [0, 0.1) is 0 Å². The molecule has 0 saturated carbocycles. The number of para-hydroxylation sites is 2. The molecule has 0 radical (unpaired) electrons. The van der Waals surface area contributed by atoms with Gasteiger partial charge in [0.25, 0.3) is 5.91 Å². The number of fused-ring (bicyclic) bond motifs is 1. The van der Waals surface area contributed by atoms with Crippen LogP contribution in [0.25, 0.3) is 11.0 Å². The molecule has 0 aliphatic carbocycles. The summed E-state index contributed by atoms with van der Waals surface area (Å²) in [6, 6.07) is 15.0. The number of nitrogens with one attached hydrogen (secondary N) is 2. The number of amides is 1. The third-order valence-electron chi connectivity index (χ3n) is 4.75. The van der Waals surface area contributed by atoms with E-state index in [1.807, 2.05) is 36.4 Å². The van der Waals surface area contributed by atoms with Crippen molar-refractivity contribution in [1.29, 1.82) is 0 Å². The Labute approximate surface area is 162 Å². The van der Waals surface area contributed by atoms with Crippen LogP contribution in [-0.2, 0) is 6.61 Å². The van der Waals surface area contributed by atoms with E-state index >= 15 is 0 Å². The molecule has 2 aromatic carbocycles. The number of furan rings is 1. The first-order chi connectivity index (χ1) is 13.2. The van der Waals surface area contributed by atoms with Crippen LogP contribution in [0.15, 0.2) is 52.9 Å². The molecule has 1 atom stereocenters. The Bertz CT molecular complexity index is 948. The van der Waals surface area contributed by atoms with Gasteiger partial charge in [0.1, 0.15) is 17.9 Å². The zero-order valence-corrected chi connectivity index (χ0v) is 15.6. The molecule has 1 saturated heterocycles. The molecule has 1 unspecified atom stereocenters. The van der Waals surface area contributed by atoms with E-state index in [1.165, 1.54) is 0 Å². The number of ether oxygens (including phenoxy) is 1. The standard InChI is InChI=1S/C21H21ClN2O3/c22-17-8-2-4-10-19(17)26-13-16-15-7-1-3-9-18(15)27-20(16)21(25)24-14-6-5-11-23-12-14/h1-4,7-10,14,23H,5-6,11-13H2,(H,24,25). The zero-order valence-electron chi connectivity index (χ0n) is 14.8. The molecule has 5 nitrogen and oxygen atoms in total. The van der Waals surface area contributed by atoms with Crippen molar-refractivity contribution in [3.05, 3.63) is 64.9 Å². The third-order valence-corrected chi connectivity index (χ3v) is 5.06. The van der Waals surface area contributed by atoms with E-state index in [9.17, 15) is 4.79 Å². The van der Waals surface area contributed by atoms with Crippen LogP contribution < -0.4 is 15.4 Å². The molecule has 27 heavy (non-hydrogen) atoms. The summed E-state index contributed by atoms with van der Waals surface area (Å²) < 4.78 is 11.8. The van der Waals surface area contributed by atoms with E-state index < -0.39 is 0 Å². The predicted octanol–water partition coefficient (Wildman–Crippen LogP) is 4.15. The maximum Gasteiger partial charge on any atom is 0.287 e. The second-order valence-electron chi connectivity index (χ2n) is 6.64. The summed E-state index contributed by atoms with van der Waals surface area (Å²) in [5.74, 6) is 0.666. The minimum Gasteiger partial charge on any atom is -0.487 e. The quantitative estimate of drug-likeness (QED) is 0.693. The molecule has 4 rings (SSSR count). The van der Waals surface area contributed by atoms with Gasteiger partial charge in [-0.1, -0.05) is 41.9 Å². The minimum absolute atomic E-state index is 0.108. The maximum atomic E-state index is 12.9.